The molecular formula is C80H156O17P2. The van der Waals surface area contributed by atoms with Gasteiger partial charge in [0.25, 0.3) is 0 Å². The van der Waals surface area contributed by atoms with Crippen LogP contribution in [0.3, 0.4) is 0 Å². The molecule has 0 spiro atoms. The van der Waals surface area contributed by atoms with Crippen molar-refractivity contribution in [3.05, 3.63) is 0 Å². The van der Waals surface area contributed by atoms with E-state index in [0.29, 0.717) is 25.7 Å². The zero-order valence-electron chi connectivity index (χ0n) is 64.8. The van der Waals surface area contributed by atoms with Crippen molar-refractivity contribution in [1.82, 2.24) is 0 Å². The molecule has 0 aliphatic rings. The minimum atomic E-state index is -4.96. The number of esters is 4. The Morgan fingerprint density at radius 3 is 0.717 bits per heavy atom. The van der Waals surface area contributed by atoms with Crippen LogP contribution in [0.1, 0.15) is 420 Å². The molecule has 0 aromatic heterocycles. The van der Waals surface area contributed by atoms with Crippen LogP contribution < -0.4 is 0 Å². The summed E-state index contributed by atoms with van der Waals surface area (Å²) in [5.41, 5.74) is 0. The van der Waals surface area contributed by atoms with Crippen LogP contribution in [0.15, 0.2) is 0 Å². The van der Waals surface area contributed by atoms with E-state index in [4.69, 9.17) is 37.0 Å². The van der Waals surface area contributed by atoms with E-state index < -0.39 is 97.5 Å². The van der Waals surface area contributed by atoms with Crippen molar-refractivity contribution in [2.24, 2.45) is 11.8 Å². The number of ether oxygens (including phenoxy) is 4. The lowest BCUT2D eigenvalue weighted by Gasteiger charge is -2.21. The first-order valence-electron chi connectivity index (χ1n) is 41.6. The van der Waals surface area contributed by atoms with Crippen molar-refractivity contribution in [2.75, 3.05) is 39.6 Å². The van der Waals surface area contributed by atoms with E-state index in [1.54, 1.807) is 0 Å². The van der Waals surface area contributed by atoms with Crippen molar-refractivity contribution >= 4 is 39.5 Å². The van der Waals surface area contributed by atoms with E-state index in [0.717, 1.165) is 102 Å². The first kappa shape index (κ1) is 97.1. The minimum absolute atomic E-state index is 0.108. The summed E-state index contributed by atoms with van der Waals surface area (Å²) in [6, 6.07) is 0. The van der Waals surface area contributed by atoms with Gasteiger partial charge in [-0.3, -0.25) is 37.3 Å². The predicted octanol–water partition coefficient (Wildman–Crippen LogP) is 23.9. The van der Waals surface area contributed by atoms with Crippen molar-refractivity contribution < 1.29 is 80.2 Å². The summed E-state index contributed by atoms with van der Waals surface area (Å²) in [5.74, 6) is -0.484. The number of carbonyl (C=O) groups excluding carboxylic acids is 4. The number of phosphoric ester groups is 2. The van der Waals surface area contributed by atoms with Crippen LogP contribution >= 0.6 is 15.6 Å². The molecule has 3 N–H and O–H groups in total. The number of unbranched alkanes of at least 4 members (excludes halogenated alkanes) is 47. The summed E-state index contributed by atoms with van der Waals surface area (Å²) in [6.07, 6.45) is 60.8. The van der Waals surface area contributed by atoms with E-state index in [9.17, 15) is 43.2 Å². The second kappa shape index (κ2) is 71.7. The van der Waals surface area contributed by atoms with Crippen LogP contribution in [0.2, 0.25) is 0 Å². The normalized spacial score (nSPS) is 14.5. The van der Waals surface area contributed by atoms with E-state index in [2.05, 4.69) is 41.5 Å². The monoisotopic (exact) mass is 1450 g/mol. The summed E-state index contributed by atoms with van der Waals surface area (Å²) in [7, 11) is -9.92. The predicted molar refractivity (Wildman–Crippen MR) is 405 cm³/mol. The second-order valence-electron chi connectivity index (χ2n) is 29.3. The van der Waals surface area contributed by atoms with Crippen LogP contribution in [0.5, 0.6) is 0 Å². The fraction of sp³-hybridized carbons (Fsp3) is 0.950. The molecule has 0 saturated carbocycles. The largest absolute Gasteiger partial charge is 0.472 e. The number of hydrogen-bond acceptors (Lipinski definition) is 15. The highest BCUT2D eigenvalue weighted by atomic mass is 31.2. The van der Waals surface area contributed by atoms with E-state index in [1.807, 2.05) is 0 Å². The third-order valence-electron chi connectivity index (χ3n) is 19.4. The first-order valence-corrected chi connectivity index (χ1v) is 44.6. The highest BCUT2D eigenvalue weighted by Gasteiger charge is 2.30. The highest BCUT2D eigenvalue weighted by molar-refractivity contribution is 7.47. The quantitative estimate of drug-likeness (QED) is 0.0222. The molecule has 588 valence electrons. The Kier molecular flexibility index (Phi) is 70.3. The number of phosphoric acid groups is 2. The van der Waals surface area contributed by atoms with E-state index in [1.165, 1.54) is 238 Å². The van der Waals surface area contributed by atoms with Gasteiger partial charge >= 0.3 is 39.5 Å². The topological polar surface area (TPSA) is 237 Å². The number of rotatable bonds is 79. The molecule has 0 rings (SSSR count). The van der Waals surface area contributed by atoms with Gasteiger partial charge in [0.15, 0.2) is 12.2 Å². The smallest absolute Gasteiger partial charge is 0.462 e. The molecule has 4 unspecified atom stereocenters. The zero-order valence-corrected chi connectivity index (χ0v) is 66.6. The number of hydrogen-bond donors (Lipinski definition) is 3. The Morgan fingerprint density at radius 1 is 0.283 bits per heavy atom. The Hall–Kier alpha value is -1.94. The van der Waals surface area contributed by atoms with Crippen LogP contribution in [-0.2, 0) is 65.4 Å². The van der Waals surface area contributed by atoms with E-state index >= 15 is 0 Å². The number of aliphatic hydroxyl groups excluding tert-OH is 1. The fourth-order valence-corrected chi connectivity index (χ4v) is 13.9. The van der Waals surface area contributed by atoms with Gasteiger partial charge in [0.05, 0.1) is 26.4 Å². The molecule has 0 aliphatic heterocycles. The lowest BCUT2D eigenvalue weighted by Crippen LogP contribution is -2.30. The number of carbonyl (C=O) groups is 4. The molecule has 0 bridgehead atoms. The summed E-state index contributed by atoms with van der Waals surface area (Å²) in [6.45, 7) is 9.69. The molecule has 0 aromatic rings. The first-order chi connectivity index (χ1) is 47.9. The summed E-state index contributed by atoms with van der Waals surface area (Å²) in [4.78, 5) is 73.0. The second-order valence-corrected chi connectivity index (χ2v) is 32.2. The van der Waals surface area contributed by atoms with Crippen molar-refractivity contribution in [2.45, 2.75) is 439 Å². The van der Waals surface area contributed by atoms with Gasteiger partial charge in [0.2, 0.25) is 0 Å². The molecule has 0 aromatic carbocycles. The van der Waals surface area contributed by atoms with Crippen LogP contribution in [-0.4, -0.2) is 96.7 Å². The maximum atomic E-state index is 13.1. The molecule has 0 fully saturated rings. The Morgan fingerprint density at radius 2 is 0.485 bits per heavy atom. The van der Waals surface area contributed by atoms with Gasteiger partial charge in [-0.25, -0.2) is 9.13 Å². The van der Waals surface area contributed by atoms with Crippen molar-refractivity contribution in [3.63, 3.8) is 0 Å². The molecule has 19 heteroatoms. The van der Waals surface area contributed by atoms with E-state index in [-0.39, 0.29) is 25.7 Å². The van der Waals surface area contributed by atoms with Gasteiger partial charge in [-0.15, -0.1) is 0 Å². The molecular weight excluding hydrogens is 1290 g/mol. The van der Waals surface area contributed by atoms with Crippen LogP contribution in [0.25, 0.3) is 0 Å². The molecule has 0 radical (unpaired) electrons. The van der Waals surface area contributed by atoms with Gasteiger partial charge in [0.1, 0.15) is 19.3 Å². The average molecular weight is 1450 g/mol. The third kappa shape index (κ3) is 71.5. The fourth-order valence-electron chi connectivity index (χ4n) is 12.3. The van der Waals surface area contributed by atoms with Gasteiger partial charge in [-0.05, 0) is 37.5 Å². The van der Waals surface area contributed by atoms with Crippen molar-refractivity contribution in [1.29, 1.82) is 0 Å². The molecule has 17 nitrogen and oxygen atoms in total. The summed E-state index contributed by atoms with van der Waals surface area (Å²) >= 11 is 0. The lowest BCUT2D eigenvalue weighted by molar-refractivity contribution is -0.161. The average Bonchev–Trinajstić information content (AvgIpc) is 1.00. The summed E-state index contributed by atoms with van der Waals surface area (Å²) in [5, 5.41) is 10.6. The van der Waals surface area contributed by atoms with Crippen molar-refractivity contribution in [3.8, 4) is 0 Å². The maximum absolute atomic E-state index is 13.1. The van der Waals surface area contributed by atoms with Gasteiger partial charge in [-0.1, -0.05) is 369 Å². The lowest BCUT2D eigenvalue weighted by atomic mass is 9.99. The van der Waals surface area contributed by atoms with Crippen LogP contribution in [0, 0.1) is 11.8 Å². The molecule has 0 aliphatic carbocycles. The van der Waals surface area contributed by atoms with Crippen LogP contribution in [0.4, 0.5) is 0 Å². The Balaban J connectivity index is 5.27. The molecule has 7 atom stereocenters. The van der Waals surface area contributed by atoms with Gasteiger partial charge in [0, 0.05) is 25.7 Å². The van der Waals surface area contributed by atoms with Gasteiger partial charge in [-0.2, -0.15) is 0 Å². The zero-order chi connectivity index (χ0) is 72.8. The molecule has 99 heavy (non-hydrogen) atoms. The molecule has 0 heterocycles. The Bertz CT molecular complexity index is 1910. The maximum Gasteiger partial charge on any atom is 0.472 e. The number of aliphatic hydroxyl groups is 1. The minimum Gasteiger partial charge on any atom is -0.462 e. The molecule has 0 amide bonds. The standard InChI is InChI=1S/C80H156O17P2/c1-7-11-13-15-17-19-21-23-25-30-33-37-44-50-56-62-77(82)90-68-75(96-80(85)65-59-53-47-39-35-31-27-26-28-32-36-42-48-54-60-72(5)9-3)70-94-98(86,87)92-66-74(81)67-93-99(88,89)95-71-76(69-91-78(83)63-57-51-45-41-40-43-49-55-61-73(6)10-4)97-79(84)64-58-52-46-38-34-29-24-22-20-18-16-14-12-8-2/h72-76,81H,7-71H2,1-6H3,(H,86,87)(H,88,89)/t72?,73?,74-,75-,76-/m1/s1. The highest BCUT2D eigenvalue weighted by Crippen LogP contribution is 2.45. The molecule has 0 saturated heterocycles. The third-order valence-corrected chi connectivity index (χ3v) is 21.3. The SMILES string of the molecule is CCCCCCCCCCCCCCCCCC(=O)OC[C@H](COP(=O)(O)OC[C@@H](O)COP(=O)(O)OC[C@@H](COC(=O)CCCCCCCCCCC(C)CC)OC(=O)CCCCCCCCCCCCCCCC)OC(=O)CCCCCCCCCCCCCCCCC(C)CC. The van der Waals surface area contributed by atoms with Gasteiger partial charge < -0.3 is 33.8 Å². The Labute approximate surface area is 607 Å². The summed E-state index contributed by atoms with van der Waals surface area (Å²) < 4.78 is 68.7.